The summed E-state index contributed by atoms with van der Waals surface area (Å²) in [6.07, 6.45) is 3.64. The zero-order chi connectivity index (χ0) is 25.8. The Morgan fingerprint density at radius 1 is 0.462 bits per heavy atom. The smallest absolute Gasteiger partial charge is 0.138 e. The first-order valence-electron chi connectivity index (χ1n) is 12.9. The van der Waals surface area contributed by atoms with Crippen LogP contribution in [0.2, 0.25) is 0 Å². The summed E-state index contributed by atoms with van der Waals surface area (Å²) in [6.45, 7) is 0. The molecule has 0 bridgehead atoms. The van der Waals surface area contributed by atoms with Crippen LogP contribution >= 0.6 is 0 Å². The fraction of sp³-hybridized carbons (Fsp3) is 0. The molecule has 8 aromatic rings. The van der Waals surface area contributed by atoms with Crippen molar-refractivity contribution in [1.82, 2.24) is 24.3 Å². The van der Waals surface area contributed by atoms with E-state index >= 15 is 0 Å². The molecule has 0 aliphatic carbocycles. The number of pyridine rings is 4. The van der Waals surface area contributed by atoms with E-state index in [9.17, 15) is 0 Å². The Balaban J connectivity index is 1.31. The van der Waals surface area contributed by atoms with Crippen LogP contribution in [0.15, 0.2) is 128 Å². The number of rotatable bonds is 3. The second-order valence-corrected chi connectivity index (χ2v) is 9.60. The first-order chi connectivity index (χ1) is 19.3. The Morgan fingerprint density at radius 3 is 2.05 bits per heavy atom. The topological polar surface area (TPSA) is 56.0 Å². The zero-order valence-corrected chi connectivity index (χ0v) is 20.9. The first kappa shape index (κ1) is 21.6. The van der Waals surface area contributed by atoms with E-state index in [1.54, 1.807) is 0 Å². The Hall–Kier alpha value is -5.42. The molecule has 5 aromatic heterocycles. The van der Waals surface area contributed by atoms with Gasteiger partial charge in [0.05, 0.1) is 33.6 Å². The van der Waals surface area contributed by atoms with Gasteiger partial charge in [0.1, 0.15) is 11.3 Å². The van der Waals surface area contributed by atoms with Crippen LogP contribution in [0.5, 0.6) is 0 Å². The van der Waals surface area contributed by atoms with E-state index in [0.717, 1.165) is 72.3 Å². The van der Waals surface area contributed by atoms with Crippen molar-refractivity contribution in [3.8, 4) is 33.9 Å². The normalized spacial score (nSPS) is 11.6. The van der Waals surface area contributed by atoms with E-state index < -0.39 is 0 Å². The molecule has 182 valence electrons. The van der Waals surface area contributed by atoms with Gasteiger partial charge in [0, 0.05) is 34.3 Å². The molecular formula is C34H21N5. The largest absolute Gasteiger partial charge is 0.292 e. The van der Waals surface area contributed by atoms with Crippen molar-refractivity contribution < 1.29 is 0 Å². The number of para-hydroxylation sites is 1. The maximum atomic E-state index is 5.03. The van der Waals surface area contributed by atoms with Crippen LogP contribution in [-0.2, 0) is 0 Å². The van der Waals surface area contributed by atoms with E-state index in [0.29, 0.717) is 0 Å². The van der Waals surface area contributed by atoms with Gasteiger partial charge in [-0.05, 0) is 47.9 Å². The summed E-state index contributed by atoms with van der Waals surface area (Å²) in [5.74, 6) is 0. The van der Waals surface area contributed by atoms with Crippen LogP contribution in [0.25, 0.3) is 72.3 Å². The van der Waals surface area contributed by atoms with E-state index in [1.165, 1.54) is 0 Å². The lowest BCUT2D eigenvalue weighted by Gasteiger charge is -2.10. The van der Waals surface area contributed by atoms with Crippen molar-refractivity contribution in [2.45, 2.75) is 0 Å². The molecule has 0 amide bonds. The summed E-state index contributed by atoms with van der Waals surface area (Å²) in [4.78, 5) is 19.3. The molecule has 0 radical (unpaired) electrons. The molecule has 0 aliphatic heterocycles. The Kier molecular flexibility index (Phi) is 4.76. The van der Waals surface area contributed by atoms with Gasteiger partial charge in [-0.15, -0.1) is 0 Å². The number of imidazole rings is 1. The minimum absolute atomic E-state index is 0.847. The van der Waals surface area contributed by atoms with Gasteiger partial charge in [-0.2, -0.15) is 0 Å². The maximum Gasteiger partial charge on any atom is 0.138 e. The lowest BCUT2D eigenvalue weighted by atomic mass is 10.0. The highest BCUT2D eigenvalue weighted by Crippen LogP contribution is 2.35. The minimum Gasteiger partial charge on any atom is -0.292 e. The summed E-state index contributed by atoms with van der Waals surface area (Å²) < 4.78 is 2.24. The standard InChI is InChI=1S/C34H21N5/c1-2-9-29-23(6-1)17-19-30-38-33(28-8-3-4-20-35-28)34(39(29)30)26-14-10-22(11-15-26)27-18-16-25-13-12-24-7-5-21-36-31(24)32(25)37-27/h1-21H. The number of aromatic nitrogens is 5. The Morgan fingerprint density at radius 2 is 1.18 bits per heavy atom. The highest BCUT2D eigenvalue weighted by atomic mass is 15.0. The quantitative estimate of drug-likeness (QED) is 0.231. The van der Waals surface area contributed by atoms with Gasteiger partial charge >= 0.3 is 0 Å². The number of benzene rings is 3. The van der Waals surface area contributed by atoms with E-state index in [-0.39, 0.29) is 0 Å². The van der Waals surface area contributed by atoms with Crippen molar-refractivity contribution in [1.29, 1.82) is 0 Å². The van der Waals surface area contributed by atoms with Crippen LogP contribution in [-0.4, -0.2) is 24.3 Å². The molecular weight excluding hydrogens is 478 g/mol. The Labute approximate surface area is 224 Å². The fourth-order valence-corrected chi connectivity index (χ4v) is 5.42. The molecule has 3 aromatic carbocycles. The van der Waals surface area contributed by atoms with Gasteiger partial charge in [-0.3, -0.25) is 14.4 Å². The van der Waals surface area contributed by atoms with E-state index in [1.807, 2.05) is 36.7 Å². The first-order valence-corrected chi connectivity index (χ1v) is 12.9. The van der Waals surface area contributed by atoms with Crippen LogP contribution in [0.3, 0.4) is 0 Å². The van der Waals surface area contributed by atoms with Crippen molar-refractivity contribution in [2.75, 3.05) is 0 Å². The molecule has 0 spiro atoms. The molecule has 5 heteroatoms. The lowest BCUT2D eigenvalue weighted by Crippen LogP contribution is -1.93. The SMILES string of the molecule is c1ccc(-c2nc3ccc4ccccc4n3c2-c2ccc(-c3ccc4ccc5cccnc5c4n3)cc2)nc1. The van der Waals surface area contributed by atoms with E-state index in [2.05, 4.69) is 105 Å². The molecule has 0 atom stereocenters. The third kappa shape index (κ3) is 3.48. The molecule has 8 rings (SSSR count). The molecule has 5 heterocycles. The predicted octanol–water partition coefficient (Wildman–Crippen LogP) is 7.98. The summed E-state index contributed by atoms with van der Waals surface area (Å²) in [7, 11) is 0. The van der Waals surface area contributed by atoms with Crippen LogP contribution in [0.1, 0.15) is 0 Å². The number of hydrogen-bond acceptors (Lipinski definition) is 4. The molecule has 0 aliphatic rings. The highest BCUT2D eigenvalue weighted by molar-refractivity contribution is 6.03. The van der Waals surface area contributed by atoms with Gasteiger partial charge < -0.3 is 0 Å². The third-order valence-corrected chi connectivity index (χ3v) is 7.29. The van der Waals surface area contributed by atoms with Crippen molar-refractivity contribution >= 4 is 38.4 Å². The van der Waals surface area contributed by atoms with Gasteiger partial charge in [-0.25, -0.2) is 9.97 Å². The monoisotopic (exact) mass is 499 g/mol. The van der Waals surface area contributed by atoms with Crippen molar-refractivity contribution in [2.24, 2.45) is 0 Å². The molecule has 39 heavy (non-hydrogen) atoms. The highest BCUT2D eigenvalue weighted by Gasteiger charge is 2.19. The van der Waals surface area contributed by atoms with Gasteiger partial charge in [0.15, 0.2) is 0 Å². The third-order valence-electron chi connectivity index (χ3n) is 7.29. The van der Waals surface area contributed by atoms with Crippen LogP contribution in [0.4, 0.5) is 0 Å². The van der Waals surface area contributed by atoms with Crippen molar-refractivity contribution in [3.05, 3.63) is 128 Å². The maximum absolute atomic E-state index is 5.03. The molecule has 0 unspecified atom stereocenters. The number of nitrogens with zero attached hydrogens (tertiary/aromatic N) is 5. The molecule has 0 saturated heterocycles. The molecule has 0 N–H and O–H groups in total. The minimum atomic E-state index is 0.847. The number of fused-ring (bicyclic) bond motifs is 6. The molecule has 5 nitrogen and oxygen atoms in total. The second-order valence-electron chi connectivity index (χ2n) is 9.60. The summed E-state index contributed by atoms with van der Waals surface area (Å²) in [5, 5.41) is 3.33. The average Bonchev–Trinajstić information content (AvgIpc) is 3.42. The molecule has 0 saturated carbocycles. The predicted molar refractivity (Wildman–Crippen MR) is 157 cm³/mol. The number of hydrogen-bond donors (Lipinski definition) is 0. The lowest BCUT2D eigenvalue weighted by molar-refractivity contribution is 1.26. The van der Waals surface area contributed by atoms with Crippen LogP contribution < -0.4 is 0 Å². The molecule has 0 fully saturated rings. The zero-order valence-electron chi connectivity index (χ0n) is 20.9. The van der Waals surface area contributed by atoms with Gasteiger partial charge in [-0.1, -0.05) is 72.8 Å². The van der Waals surface area contributed by atoms with Crippen molar-refractivity contribution in [3.63, 3.8) is 0 Å². The fourth-order valence-electron chi connectivity index (χ4n) is 5.42. The van der Waals surface area contributed by atoms with Gasteiger partial charge in [0.25, 0.3) is 0 Å². The average molecular weight is 500 g/mol. The van der Waals surface area contributed by atoms with E-state index in [4.69, 9.17) is 9.97 Å². The Bertz CT molecular complexity index is 2160. The summed E-state index contributed by atoms with van der Waals surface area (Å²) in [6, 6.07) is 39.5. The van der Waals surface area contributed by atoms with Gasteiger partial charge in [0.2, 0.25) is 0 Å². The summed E-state index contributed by atoms with van der Waals surface area (Å²) >= 11 is 0. The van der Waals surface area contributed by atoms with Crippen LogP contribution in [0, 0.1) is 0 Å². The summed E-state index contributed by atoms with van der Waals surface area (Å²) in [5.41, 5.74) is 9.60. The second kappa shape index (κ2) is 8.57.